The molecule has 2 aliphatic heterocycles. The summed E-state index contributed by atoms with van der Waals surface area (Å²) in [7, 11) is 0. The molecular weight excluding hydrogens is 354 g/mol. The minimum Gasteiger partial charge on any atom is -0.493 e. The molecule has 5 heteroatoms. The highest BCUT2D eigenvalue weighted by Crippen LogP contribution is 2.34. The van der Waals surface area contributed by atoms with Gasteiger partial charge in [0.25, 0.3) is 0 Å². The van der Waals surface area contributed by atoms with Crippen LogP contribution in [-0.4, -0.2) is 36.5 Å². The van der Waals surface area contributed by atoms with E-state index < -0.39 is 6.04 Å². The summed E-state index contributed by atoms with van der Waals surface area (Å²) in [4.78, 5) is 27.3. The van der Waals surface area contributed by atoms with Crippen LogP contribution < -0.4 is 4.74 Å². The molecule has 2 aliphatic rings. The second-order valence-corrected chi connectivity index (χ2v) is 7.36. The number of piperidine rings is 1. The van der Waals surface area contributed by atoms with Crippen LogP contribution in [0, 0.1) is 0 Å². The SMILES string of the molecule is O=C(OCC1CCOc2ccccc21)C(c1ccccc1)N1CCCCC1=O. The number of fused-ring (bicyclic) bond motifs is 1. The fourth-order valence-corrected chi connectivity index (χ4v) is 4.03. The summed E-state index contributed by atoms with van der Waals surface area (Å²) >= 11 is 0. The maximum atomic E-state index is 13.1. The van der Waals surface area contributed by atoms with Crippen LogP contribution in [0.2, 0.25) is 0 Å². The average molecular weight is 379 g/mol. The summed E-state index contributed by atoms with van der Waals surface area (Å²) in [6.07, 6.45) is 3.09. The predicted molar refractivity (Wildman–Crippen MR) is 105 cm³/mol. The van der Waals surface area contributed by atoms with Crippen molar-refractivity contribution < 1.29 is 19.1 Å². The van der Waals surface area contributed by atoms with Crippen LogP contribution in [-0.2, 0) is 14.3 Å². The monoisotopic (exact) mass is 379 g/mol. The summed E-state index contributed by atoms with van der Waals surface area (Å²) in [5.74, 6) is 0.641. The first-order valence-corrected chi connectivity index (χ1v) is 9.97. The number of carbonyl (C=O) groups excluding carboxylic acids is 2. The first-order valence-electron chi connectivity index (χ1n) is 9.97. The number of rotatable bonds is 5. The lowest BCUT2D eigenvalue weighted by molar-refractivity contribution is -0.157. The zero-order chi connectivity index (χ0) is 19.3. The molecule has 0 radical (unpaired) electrons. The fourth-order valence-electron chi connectivity index (χ4n) is 4.03. The molecule has 0 aromatic heterocycles. The Balaban J connectivity index is 1.51. The van der Waals surface area contributed by atoms with Crippen molar-refractivity contribution in [3.63, 3.8) is 0 Å². The first-order chi connectivity index (χ1) is 13.7. The summed E-state index contributed by atoms with van der Waals surface area (Å²) in [6.45, 7) is 1.50. The van der Waals surface area contributed by atoms with Gasteiger partial charge in [-0.3, -0.25) is 4.79 Å². The largest absolute Gasteiger partial charge is 0.493 e. The number of likely N-dealkylation sites (tertiary alicyclic amines) is 1. The molecular formula is C23H25NO4. The quantitative estimate of drug-likeness (QED) is 0.741. The molecule has 2 aromatic rings. The van der Waals surface area contributed by atoms with E-state index in [2.05, 4.69) is 0 Å². The molecule has 4 rings (SSSR count). The zero-order valence-electron chi connectivity index (χ0n) is 15.9. The summed E-state index contributed by atoms with van der Waals surface area (Å²) in [5.41, 5.74) is 1.88. The van der Waals surface area contributed by atoms with E-state index in [1.807, 2.05) is 54.6 Å². The van der Waals surface area contributed by atoms with Crippen LogP contribution in [0.4, 0.5) is 0 Å². The third kappa shape index (κ3) is 3.88. The lowest BCUT2D eigenvalue weighted by Crippen LogP contribution is -2.42. The van der Waals surface area contributed by atoms with Gasteiger partial charge in [0, 0.05) is 24.4 Å². The third-order valence-electron chi connectivity index (χ3n) is 5.52. The van der Waals surface area contributed by atoms with Gasteiger partial charge in [-0.05, 0) is 30.9 Å². The molecule has 1 fully saturated rings. The molecule has 0 bridgehead atoms. The van der Waals surface area contributed by atoms with E-state index in [-0.39, 0.29) is 17.8 Å². The molecule has 2 aromatic carbocycles. The van der Waals surface area contributed by atoms with Gasteiger partial charge < -0.3 is 14.4 Å². The van der Waals surface area contributed by atoms with Gasteiger partial charge >= 0.3 is 5.97 Å². The molecule has 146 valence electrons. The van der Waals surface area contributed by atoms with Crippen molar-refractivity contribution in [3.05, 3.63) is 65.7 Å². The Bertz CT molecular complexity index is 836. The van der Waals surface area contributed by atoms with Crippen molar-refractivity contribution in [3.8, 4) is 5.75 Å². The molecule has 1 saturated heterocycles. The lowest BCUT2D eigenvalue weighted by Gasteiger charge is -2.34. The second kappa shape index (κ2) is 8.46. The van der Waals surface area contributed by atoms with Crippen molar-refractivity contribution in [2.24, 2.45) is 0 Å². The highest BCUT2D eigenvalue weighted by Gasteiger charge is 2.34. The maximum absolute atomic E-state index is 13.1. The molecule has 5 nitrogen and oxygen atoms in total. The van der Waals surface area contributed by atoms with E-state index in [9.17, 15) is 9.59 Å². The standard InChI is InChI=1S/C23H25NO4/c25-21-12-6-7-14-24(21)22(17-8-2-1-3-9-17)23(26)28-16-18-13-15-27-20-11-5-4-10-19(18)20/h1-5,8-11,18,22H,6-7,12-16H2. The van der Waals surface area contributed by atoms with Crippen molar-refractivity contribution in [2.75, 3.05) is 19.8 Å². The first kappa shape index (κ1) is 18.5. The van der Waals surface area contributed by atoms with Gasteiger partial charge in [0.15, 0.2) is 6.04 Å². The molecule has 2 heterocycles. The number of hydrogen-bond acceptors (Lipinski definition) is 4. The van der Waals surface area contributed by atoms with Gasteiger partial charge in [-0.2, -0.15) is 0 Å². The lowest BCUT2D eigenvalue weighted by atomic mass is 9.94. The third-order valence-corrected chi connectivity index (χ3v) is 5.52. The van der Waals surface area contributed by atoms with Crippen LogP contribution in [0.25, 0.3) is 0 Å². The van der Waals surface area contributed by atoms with Crippen LogP contribution in [0.1, 0.15) is 48.8 Å². The molecule has 0 saturated carbocycles. The number of amides is 1. The van der Waals surface area contributed by atoms with Crippen LogP contribution >= 0.6 is 0 Å². The highest BCUT2D eigenvalue weighted by molar-refractivity contribution is 5.86. The van der Waals surface area contributed by atoms with E-state index in [4.69, 9.17) is 9.47 Å². The number of esters is 1. The van der Waals surface area contributed by atoms with Gasteiger partial charge in [-0.1, -0.05) is 48.5 Å². The van der Waals surface area contributed by atoms with Gasteiger partial charge in [-0.25, -0.2) is 4.79 Å². The Hall–Kier alpha value is -2.82. The molecule has 0 aliphatic carbocycles. The maximum Gasteiger partial charge on any atom is 0.333 e. The number of para-hydroxylation sites is 1. The number of ether oxygens (including phenoxy) is 2. The Kier molecular flexibility index (Phi) is 5.60. The van der Waals surface area contributed by atoms with Crippen LogP contribution in [0.5, 0.6) is 5.75 Å². The second-order valence-electron chi connectivity index (χ2n) is 7.36. The Morgan fingerprint density at radius 2 is 1.89 bits per heavy atom. The topological polar surface area (TPSA) is 55.8 Å². The van der Waals surface area contributed by atoms with E-state index in [0.717, 1.165) is 36.1 Å². The minimum absolute atomic E-state index is 0.0217. The summed E-state index contributed by atoms with van der Waals surface area (Å²) in [6, 6.07) is 16.7. The van der Waals surface area contributed by atoms with E-state index in [1.165, 1.54) is 0 Å². The molecule has 2 unspecified atom stereocenters. The van der Waals surface area contributed by atoms with Crippen molar-refractivity contribution >= 4 is 11.9 Å². The smallest absolute Gasteiger partial charge is 0.333 e. The average Bonchev–Trinajstić information content (AvgIpc) is 2.74. The van der Waals surface area contributed by atoms with Crippen molar-refractivity contribution in [1.82, 2.24) is 4.90 Å². The Labute approximate surface area is 165 Å². The van der Waals surface area contributed by atoms with Crippen LogP contribution in [0.3, 0.4) is 0 Å². The highest BCUT2D eigenvalue weighted by atomic mass is 16.5. The van der Waals surface area contributed by atoms with Crippen molar-refractivity contribution in [2.45, 2.75) is 37.6 Å². The molecule has 2 atom stereocenters. The Morgan fingerprint density at radius 1 is 1.11 bits per heavy atom. The number of carbonyl (C=O) groups is 2. The Morgan fingerprint density at radius 3 is 2.71 bits per heavy atom. The zero-order valence-corrected chi connectivity index (χ0v) is 15.9. The predicted octanol–water partition coefficient (Wildman–Crippen LogP) is 3.85. The normalized spacial score (nSPS) is 20.1. The van der Waals surface area contributed by atoms with Gasteiger partial charge in [0.1, 0.15) is 5.75 Å². The molecule has 28 heavy (non-hydrogen) atoms. The van der Waals surface area contributed by atoms with E-state index in [1.54, 1.807) is 4.90 Å². The number of hydrogen-bond donors (Lipinski definition) is 0. The number of nitrogens with zero attached hydrogens (tertiary/aromatic N) is 1. The molecule has 1 amide bonds. The summed E-state index contributed by atoms with van der Waals surface area (Å²) < 4.78 is 11.5. The number of benzene rings is 2. The molecule has 0 N–H and O–H groups in total. The van der Waals surface area contributed by atoms with Gasteiger partial charge in [0.05, 0.1) is 13.2 Å². The minimum atomic E-state index is -0.677. The van der Waals surface area contributed by atoms with Crippen molar-refractivity contribution in [1.29, 1.82) is 0 Å². The summed E-state index contributed by atoms with van der Waals surface area (Å²) in [5, 5.41) is 0. The van der Waals surface area contributed by atoms with E-state index in [0.29, 0.717) is 26.2 Å². The molecule has 0 spiro atoms. The van der Waals surface area contributed by atoms with E-state index >= 15 is 0 Å². The van der Waals surface area contributed by atoms with Gasteiger partial charge in [0.2, 0.25) is 5.91 Å². The van der Waals surface area contributed by atoms with Gasteiger partial charge in [-0.15, -0.1) is 0 Å². The van der Waals surface area contributed by atoms with Crippen LogP contribution in [0.15, 0.2) is 54.6 Å². The fraction of sp³-hybridized carbons (Fsp3) is 0.391.